The van der Waals surface area contributed by atoms with E-state index in [2.05, 4.69) is 125 Å². The minimum absolute atomic E-state index is 0.797. The summed E-state index contributed by atoms with van der Waals surface area (Å²) in [4.78, 5) is 4.41. The Bertz CT molecular complexity index is 1550. The summed E-state index contributed by atoms with van der Waals surface area (Å²) in [6.45, 7) is 1.97. The van der Waals surface area contributed by atoms with Crippen molar-refractivity contribution >= 4 is 62.7 Å². The molecule has 0 saturated heterocycles. The van der Waals surface area contributed by atoms with Crippen LogP contribution in [0.15, 0.2) is 133 Å². The quantitative estimate of drug-likeness (QED) is 0.243. The molecule has 2 nitrogen and oxygen atoms in total. The molecule has 0 atom stereocenters. The molecule has 0 unspecified atom stereocenters. The van der Waals surface area contributed by atoms with E-state index in [1.54, 1.807) is 0 Å². The zero-order valence-electron chi connectivity index (χ0n) is 20.1. The molecular weight excluding hydrogens is 469 g/mol. The molecule has 1 aromatic heterocycles. The van der Waals surface area contributed by atoms with Gasteiger partial charge in [-0.3, -0.25) is 0 Å². The zero-order chi connectivity index (χ0) is 24.7. The minimum atomic E-state index is -0.968. The van der Waals surface area contributed by atoms with Gasteiger partial charge in [0.25, 0.3) is 0 Å². The summed E-state index contributed by atoms with van der Waals surface area (Å²) in [5.41, 5.74) is 1.92. The van der Waals surface area contributed by atoms with E-state index in [9.17, 15) is 0 Å². The predicted octanol–water partition coefficient (Wildman–Crippen LogP) is 5.36. The zero-order valence-corrected chi connectivity index (χ0v) is 22.3. The van der Waals surface area contributed by atoms with Gasteiger partial charge in [0.05, 0.1) is 0 Å². The van der Waals surface area contributed by atoms with Gasteiger partial charge in [-0.25, -0.2) is 4.98 Å². The SMILES string of the molecule is Cc1ccc2cccc([O][Al])c2n1.c1ccc([Si](c2ccccc2)c2ccc3ccccc3c2)cc1. The normalized spacial score (nSPS) is 10.7. The van der Waals surface area contributed by atoms with Crippen molar-refractivity contribution in [2.75, 3.05) is 0 Å². The second-order valence-corrected chi connectivity index (χ2v) is 11.3. The lowest BCUT2D eigenvalue weighted by atomic mass is 10.1. The van der Waals surface area contributed by atoms with Gasteiger partial charge >= 0.3 is 16.6 Å². The van der Waals surface area contributed by atoms with Gasteiger partial charge in [0.2, 0.25) is 0 Å². The van der Waals surface area contributed by atoms with Gasteiger partial charge in [-0.2, -0.15) is 0 Å². The molecule has 0 aliphatic heterocycles. The van der Waals surface area contributed by atoms with Gasteiger partial charge in [0, 0.05) is 11.1 Å². The van der Waals surface area contributed by atoms with Crippen LogP contribution in [0, 0.1) is 6.92 Å². The Morgan fingerprint density at radius 1 is 0.556 bits per heavy atom. The van der Waals surface area contributed by atoms with Crippen molar-refractivity contribution in [3.05, 3.63) is 139 Å². The number of nitrogens with zero attached hydrogens (tertiary/aromatic N) is 1. The number of fused-ring (bicyclic) bond motifs is 2. The smallest absolute Gasteiger partial charge is 0.482 e. The van der Waals surface area contributed by atoms with Crippen LogP contribution in [-0.4, -0.2) is 30.4 Å². The van der Waals surface area contributed by atoms with E-state index in [-0.39, 0.29) is 0 Å². The Hall–Kier alpha value is -3.68. The Labute approximate surface area is 222 Å². The van der Waals surface area contributed by atoms with Crippen molar-refractivity contribution in [3.8, 4) is 5.75 Å². The van der Waals surface area contributed by atoms with Gasteiger partial charge in [-0.05, 0) is 35.0 Å². The fourth-order valence-electron chi connectivity index (χ4n) is 4.37. The van der Waals surface area contributed by atoms with Crippen molar-refractivity contribution in [2.24, 2.45) is 0 Å². The molecule has 0 fully saturated rings. The van der Waals surface area contributed by atoms with Crippen molar-refractivity contribution < 1.29 is 3.79 Å². The lowest BCUT2D eigenvalue weighted by molar-refractivity contribution is 0.622. The summed E-state index contributed by atoms with van der Waals surface area (Å²) in [6.07, 6.45) is 0. The van der Waals surface area contributed by atoms with Crippen LogP contribution >= 0.6 is 0 Å². The van der Waals surface area contributed by atoms with Crippen LogP contribution in [0.25, 0.3) is 21.7 Å². The van der Waals surface area contributed by atoms with Gasteiger partial charge < -0.3 is 3.79 Å². The standard InChI is InChI=1S/C22H17Si.C10H9NO.Al/c1-3-11-20(12-4-1)23(21-13-5-2-6-14-21)22-16-15-18-9-7-8-10-19(18)17-22;1-7-5-6-8-3-2-4-9(12)10(8)11-7;/h1-17H;2-6,12H,1H3;/q;;+1/p-1. The molecule has 0 aliphatic rings. The van der Waals surface area contributed by atoms with Gasteiger partial charge in [0.15, 0.2) is 8.80 Å². The molecule has 0 saturated carbocycles. The van der Waals surface area contributed by atoms with Crippen LogP contribution in [-0.2, 0) is 0 Å². The summed E-state index contributed by atoms with van der Waals surface area (Å²) < 4.78 is 5.14. The molecule has 5 aromatic carbocycles. The number of aromatic nitrogens is 1. The number of hydrogen-bond acceptors (Lipinski definition) is 2. The third-order valence-electron chi connectivity index (χ3n) is 6.11. The van der Waals surface area contributed by atoms with Gasteiger partial charge in [-0.1, -0.05) is 132 Å². The summed E-state index contributed by atoms with van der Waals surface area (Å²) in [6, 6.07) is 47.2. The first kappa shape index (κ1) is 24.0. The average Bonchev–Trinajstić information content (AvgIpc) is 2.94. The van der Waals surface area contributed by atoms with E-state index < -0.39 is 8.80 Å². The van der Waals surface area contributed by atoms with Crippen LogP contribution in [0.1, 0.15) is 5.69 Å². The van der Waals surface area contributed by atoms with Crippen LogP contribution in [0.5, 0.6) is 5.75 Å². The number of para-hydroxylation sites is 1. The molecule has 6 rings (SSSR count). The van der Waals surface area contributed by atoms with Crippen molar-refractivity contribution in [2.45, 2.75) is 6.92 Å². The van der Waals surface area contributed by atoms with Crippen molar-refractivity contribution in [3.63, 3.8) is 0 Å². The number of pyridine rings is 1. The first-order valence-electron chi connectivity index (χ1n) is 11.9. The second-order valence-electron chi connectivity index (χ2n) is 8.57. The summed E-state index contributed by atoms with van der Waals surface area (Å²) in [5.74, 6) is 0.797. The van der Waals surface area contributed by atoms with Crippen LogP contribution in [0.2, 0.25) is 0 Å². The van der Waals surface area contributed by atoms with E-state index in [1.165, 1.54) is 26.3 Å². The molecule has 0 aliphatic carbocycles. The average molecular weight is 495 g/mol. The van der Waals surface area contributed by atoms with Crippen LogP contribution < -0.4 is 19.3 Å². The highest BCUT2D eigenvalue weighted by Gasteiger charge is 2.19. The molecular formula is C32H25AlNOSi. The highest BCUT2D eigenvalue weighted by atomic mass is 28.3. The Balaban J connectivity index is 0.000000174. The maximum atomic E-state index is 5.14. The lowest BCUT2D eigenvalue weighted by Crippen LogP contribution is -2.51. The summed E-state index contributed by atoms with van der Waals surface area (Å²) in [5, 5.41) is 8.02. The maximum Gasteiger partial charge on any atom is 0.482 e. The lowest BCUT2D eigenvalue weighted by Gasteiger charge is -2.17. The third-order valence-corrected chi connectivity index (χ3v) is 9.08. The first-order valence-corrected chi connectivity index (χ1v) is 13.9. The largest absolute Gasteiger partial charge is 0.652 e. The topological polar surface area (TPSA) is 22.1 Å². The minimum Gasteiger partial charge on any atom is -0.652 e. The van der Waals surface area contributed by atoms with E-state index in [0.29, 0.717) is 0 Å². The van der Waals surface area contributed by atoms with Crippen molar-refractivity contribution in [1.29, 1.82) is 0 Å². The highest BCUT2D eigenvalue weighted by Crippen LogP contribution is 2.22. The molecule has 36 heavy (non-hydrogen) atoms. The molecule has 0 bridgehead atoms. The van der Waals surface area contributed by atoms with Crippen LogP contribution in [0.4, 0.5) is 0 Å². The molecule has 4 heteroatoms. The number of hydrogen-bond donors (Lipinski definition) is 0. The Morgan fingerprint density at radius 3 is 1.81 bits per heavy atom. The van der Waals surface area contributed by atoms with Gasteiger partial charge in [-0.15, -0.1) is 0 Å². The molecule has 0 spiro atoms. The fourth-order valence-corrected chi connectivity index (χ4v) is 7.16. The first-order chi connectivity index (χ1) is 17.7. The molecule has 6 aromatic rings. The molecule has 0 N–H and O–H groups in total. The fraction of sp³-hybridized carbons (Fsp3) is 0.0312. The van der Waals surface area contributed by atoms with E-state index in [0.717, 1.165) is 22.3 Å². The highest BCUT2D eigenvalue weighted by molar-refractivity contribution is 6.95. The molecule has 0 amide bonds. The third kappa shape index (κ3) is 5.42. The monoisotopic (exact) mass is 494 g/mol. The van der Waals surface area contributed by atoms with E-state index >= 15 is 0 Å². The van der Waals surface area contributed by atoms with Gasteiger partial charge in [0.1, 0.15) is 11.3 Å². The maximum absolute atomic E-state index is 5.14. The number of benzene rings is 5. The summed E-state index contributed by atoms with van der Waals surface area (Å²) >= 11 is 2.24. The second kappa shape index (κ2) is 11.4. The van der Waals surface area contributed by atoms with E-state index in [4.69, 9.17) is 3.79 Å². The Kier molecular flexibility index (Phi) is 7.59. The number of aryl methyl sites for hydroxylation is 1. The van der Waals surface area contributed by atoms with Crippen LogP contribution in [0.3, 0.4) is 0 Å². The molecule has 1 heterocycles. The number of rotatable bonds is 4. The summed E-state index contributed by atoms with van der Waals surface area (Å²) in [7, 11) is -0.968. The van der Waals surface area contributed by atoms with Crippen molar-refractivity contribution in [1.82, 2.24) is 4.98 Å². The Morgan fingerprint density at radius 2 is 1.14 bits per heavy atom. The molecule has 171 valence electrons. The predicted molar refractivity (Wildman–Crippen MR) is 154 cm³/mol. The molecule has 3 radical (unpaired) electrons. The van der Waals surface area contributed by atoms with E-state index in [1.807, 2.05) is 37.3 Å².